The monoisotopic (exact) mass is 409 g/mol. The Morgan fingerprint density at radius 1 is 1.07 bits per heavy atom. The molecular weight excluding hydrogens is 385 g/mol. The Morgan fingerprint density at radius 2 is 1.77 bits per heavy atom. The molecule has 0 spiro atoms. The summed E-state index contributed by atoms with van der Waals surface area (Å²) in [4.78, 5) is 16.9. The molecule has 0 unspecified atom stereocenters. The lowest BCUT2D eigenvalue weighted by Gasteiger charge is -2.34. The normalized spacial score (nSPS) is 14.7. The first-order valence-corrected chi connectivity index (χ1v) is 10.00. The van der Waals surface area contributed by atoms with Gasteiger partial charge in [0.1, 0.15) is 23.9 Å². The number of carbonyl (C=O) groups is 1. The zero-order valence-corrected chi connectivity index (χ0v) is 16.9. The van der Waals surface area contributed by atoms with E-state index in [0.29, 0.717) is 55.3 Å². The van der Waals surface area contributed by atoms with Crippen molar-refractivity contribution in [1.82, 2.24) is 15.0 Å². The predicted octanol–water partition coefficient (Wildman–Crippen LogP) is 3.66. The number of ether oxygens (including phenoxy) is 1. The van der Waals surface area contributed by atoms with E-state index in [2.05, 4.69) is 10.1 Å². The third-order valence-corrected chi connectivity index (χ3v) is 5.32. The fourth-order valence-electron chi connectivity index (χ4n) is 3.53. The molecule has 3 aromatic rings. The Bertz CT molecular complexity index is 998. The van der Waals surface area contributed by atoms with Gasteiger partial charge in [-0.15, -0.1) is 0 Å². The third kappa shape index (κ3) is 4.52. The van der Waals surface area contributed by atoms with Crippen LogP contribution < -0.4 is 4.74 Å². The molecule has 1 amide bonds. The lowest BCUT2D eigenvalue weighted by atomic mass is 10.1. The molecule has 4 rings (SSSR count). The van der Waals surface area contributed by atoms with Crippen molar-refractivity contribution in [3.05, 3.63) is 83.0 Å². The summed E-state index contributed by atoms with van der Waals surface area (Å²) in [5, 5.41) is 3.99. The SMILES string of the molecule is Cc1onc(C(=O)N2CCN(Cc3ccccc3F)CC2)c1COc1ccccc1. The fraction of sp³-hybridized carbons (Fsp3) is 0.304. The Kier molecular flexibility index (Phi) is 6.09. The van der Waals surface area contributed by atoms with E-state index in [9.17, 15) is 9.18 Å². The molecule has 0 N–H and O–H groups in total. The van der Waals surface area contributed by atoms with E-state index in [0.717, 1.165) is 5.75 Å². The zero-order valence-electron chi connectivity index (χ0n) is 16.9. The molecule has 1 aliphatic rings. The van der Waals surface area contributed by atoms with Gasteiger partial charge in [0.15, 0.2) is 5.69 Å². The van der Waals surface area contributed by atoms with Gasteiger partial charge in [0.05, 0.1) is 5.56 Å². The van der Waals surface area contributed by atoms with E-state index in [1.165, 1.54) is 6.07 Å². The minimum absolute atomic E-state index is 0.163. The van der Waals surface area contributed by atoms with Crippen molar-refractivity contribution in [2.75, 3.05) is 26.2 Å². The van der Waals surface area contributed by atoms with Gasteiger partial charge in [0.2, 0.25) is 0 Å². The number of aryl methyl sites for hydroxylation is 1. The van der Waals surface area contributed by atoms with Crippen LogP contribution in [0.4, 0.5) is 4.39 Å². The lowest BCUT2D eigenvalue weighted by Crippen LogP contribution is -2.48. The largest absolute Gasteiger partial charge is 0.489 e. The van der Waals surface area contributed by atoms with Crippen molar-refractivity contribution in [1.29, 1.82) is 0 Å². The number of nitrogens with zero attached hydrogens (tertiary/aromatic N) is 3. The van der Waals surface area contributed by atoms with Gasteiger partial charge in [-0.2, -0.15) is 0 Å². The lowest BCUT2D eigenvalue weighted by molar-refractivity contribution is 0.0615. The smallest absolute Gasteiger partial charge is 0.276 e. The highest BCUT2D eigenvalue weighted by Crippen LogP contribution is 2.20. The van der Waals surface area contributed by atoms with Gasteiger partial charge in [-0.3, -0.25) is 9.69 Å². The number of halogens is 1. The molecule has 0 radical (unpaired) electrons. The summed E-state index contributed by atoms with van der Waals surface area (Å²) < 4.78 is 25.0. The Morgan fingerprint density at radius 3 is 2.50 bits per heavy atom. The minimum atomic E-state index is -0.197. The predicted molar refractivity (Wildman–Crippen MR) is 110 cm³/mol. The average molecular weight is 409 g/mol. The van der Waals surface area contributed by atoms with Crippen LogP contribution in [0, 0.1) is 12.7 Å². The molecule has 0 saturated carbocycles. The van der Waals surface area contributed by atoms with Gasteiger partial charge in [-0.05, 0) is 25.1 Å². The average Bonchev–Trinajstić information content (AvgIpc) is 3.15. The number of aromatic nitrogens is 1. The summed E-state index contributed by atoms with van der Waals surface area (Å²) in [6.07, 6.45) is 0. The van der Waals surface area contributed by atoms with Gasteiger partial charge in [-0.25, -0.2) is 4.39 Å². The Hall–Kier alpha value is -3.19. The van der Waals surface area contributed by atoms with Gasteiger partial charge in [0, 0.05) is 38.3 Å². The molecule has 6 nitrogen and oxygen atoms in total. The van der Waals surface area contributed by atoms with Crippen LogP contribution >= 0.6 is 0 Å². The molecule has 1 aliphatic heterocycles. The van der Waals surface area contributed by atoms with E-state index in [-0.39, 0.29) is 18.3 Å². The summed E-state index contributed by atoms with van der Waals surface area (Å²) >= 11 is 0. The molecular formula is C23H24FN3O3. The van der Waals surface area contributed by atoms with Crippen molar-refractivity contribution in [2.45, 2.75) is 20.1 Å². The van der Waals surface area contributed by atoms with Crippen molar-refractivity contribution >= 4 is 5.91 Å². The number of carbonyl (C=O) groups excluding carboxylic acids is 1. The van der Waals surface area contributed by atoms with Crippen LogP contribution in [0.15, 0.2) is 59.1 Å². The molecule has 0 atom stereocenters. The van der Waals surface area contributed by atoms with Crippen LogP contribution in [0.5, 0.6) is 5.75 Å². The molecule has 1 saturated heterocycles. The highest BCUT2D eigenvalue weighted by Gasteiger charge is 2.28. The number of hydrogen-bond acceptors (Lipinski definition) is 5. The number of amides is 1. The maximum Gasteiger partial charge on any atom is 0.276 e. The van der Waals surface area contributed by atoms with Crippen molar-refractivity contribution in [3.63, 3.8) is 0 Å². The van der Waals surface area contributed by atoms with Crippen LogP contribution in [0.25, 0.3) is 0 Å². The van der Waals surface area contributed by atoms with Crippen molar-refractivity contribution < 1.29 is 18.4 Å². The fourth-order valence-corrected chi connectivity index (χ4v) is 3.53. The van der Waals surface area contributed by atoms with Gasteiger partial charge in [0.25, 0.3) is 5.91 Å². The molecule has 0 aliphatic carbocycles. The summed E-state index contributed by atoms with van der Waals surface area (Å²) in [6.45, 7) is 4.98. The highest BCUT2D eigenvalue weighted by molar-refractivity contribution is 5.93. The topological polar surface area (TPSA) is 58.8 Å². The second-order valence-corrected chi connectivity index (χ2v) is 7.33. The third-order valence-electron chi connectivity index (χ3n) is 5.32. The van der Waals surface area contributed by atoms with E-state index in [4.69, 9.17) is 9.26 Å². The second kappa shape index (κ2) is 9.09. The van der Waals surface area contributed by atoms with Crippen molar-refractivity contribution in [2.24, 2.45) is 0 Å². The standard InChI is InChI=1S/C23H24FN3O3/c1-17-20(16-29-19-8-3-2-4-9-19)22(25-30-17)23(28)27-13-11-26(12-14-27)15-18-7-5-6-10-21(18)24/h2-10H,11-16H2,1H3. The van der Waals surface area contributed by atoms with Crippen LogP contribution in [-0.2, 0) is 13.2 Å². The second-order valence-electron chi connectivity index (χ2n) is 7.33. The quantitative estimate of drug-likeness (QED) is 0.622. The summed E-state index contributed by atoms with van der Waals surface area (Å²) in [7, 11) is 0. The van der Waals surface area contributed by atoms with E-state index in [1.54, 1.807) is 24.0 Å². The Labute approximate surface area is 174 Å². The van der Waals surface area contributed by atoms with Gasteiger partial charge < -0.3 is 14.2 Å². The summed E-state index contributed by atoms with van der Waals surface area (Å²) in [5.74, 6) is 0.937. The number of benzene rings is 2. The highest BCUT2D eigenvalue weighted by atomic mass is 19.1. The maximum atomic E-state index is 13.9. The number of piperazine rings is 1. The first-order chi connectivity index (χ1) is 14.6. The molecule has 156 valence electrons. The first kappa shape index (κ1) is 20.1. The number of rotatable bonds is 6. The zero-order chi connectivity index (χ0) is 20.9. The summed E-state index contributed by atoms with van der Waals surface area (Å²) in [6, 6.07) is 16.2. The molecule has 7 heteroatoms. The Balaban J connectivity index is 1.37. The molecule has 2 heterocycles. The van der Waals surface area contributed by atoms with E-state index >= 15 is 0 Å². The van der Waals surface area contributed by atoms with E-state index < -0.39 is 0 Å². The van der Waals surface area contributed by atoms with Crippen LogP contribution in [-0.4, -0.2) is 47.0 Å². The number of hydrogen-bond donors (Lipinski definition) is 0. The first-order valence-electron chi connectivity index (χ1n) is 10.00. The molecule has 1 fully saturated rings. The molecule has 30 heavy (non-hydrogen) atoms. The van der Waals surface area contributed by atoms with Crippen molar-refractivity contribution in [3.8, 4) is 5.75 Å². The van der Waals surface area contributed by atoms with Crippen LogP contribution in [0.2, 0.25) is 0 Å². The van der Waals surface area contributed by atoms with Crippen LogP contribution in [0.3, 0.4) is 0 Å². The summed E-state index contributed by atoms with van der Waals surface area (Å²) in [5.41, 5.74) is 1.63. The van der Waals surface area contributed by atoms with Gasteiger partial charge in [-0.1, -0.05) is 41.6 Å². The molecule has 2 aromatic carbocycles. The maximum absolute atomic E-state index is 13.9. The van der Waals surface area contributed by atoms with E-state index in [1.807, 2.05) is 36.4 Å². The molecule has 0 bridgehead atoms. The van der Waals surface area contributed by atoms with Gasteiger partial charge >= 0.3 is 0 Å². The molecule has 1 aromatic heterocycles. The number of para-hydroxylation sites is 1. The minimum Gasteiger partial charge on any atom is -0.489 e. The van der Waals surface area contributed by atoms with Crippen LogP contribution in [0.1, 0.15) is 27.4 Å².